The van der Waals surface area contributed by atoms with Crippen molar-refractivity contribution < 1.29 is 0 Å². The van der Waals surface area contributed by atoms with Crippen molar-refractivity contribution in [1.29, 1.82) is 0 Å². The van der Waals surface area contributed by atoms with Crippen molar-refractivity contribution in [3.63, 3.8) is 0 Å². The smallest absolute Gasteiger partial charge is 0.168 e. The number of nitrogens with zero attached hydrogens (tertiary/aromatic N) is 4. The third kappa shape index (κ3) is 3.95. The predicted molar refractivity (Wildman–Crippen MR) is 83.9 cm³/mol. The maximum Gasteiger partial charge on any atom is 0.168 e. The van der Waals surface area contributed by atoms with E-state index in [1.54, 1.807) is 0 Å². The van der Waals surface area contributed by atoms with E-state index < -0.39 is 0 Å². The van der Waals surface area contributed by atoms with E-state index in [9.17, 15) is 0 Å². The van der Waals surface area contributed by atoms with Crippen LogP contribution in [0.25, 0.3) is 0 Å². The van der Waals surface area contributed by atoms with Gasteiger partial charge >= 0.3 is 0 Å². The number of tetrazole rings is 1. The van der Waals surface area contributed by atoms with Crippen LogP contribution in [0.5, 0.6) is 0 Å². The average molecular weight is 297 g/mol. The molecule has 20 heavy (non-hydrogen) atoms. The van der Waals surface area contributed by atoms with Crippen LogP contribution in [0.15, 0.2) is 0 Å². The molecule has 0 aliphatic heterocycles. The van der Waals surface area contributed by atoms with Gasteiger partial charge in [0.25, 0.3) is 0 Å². The molecule has 0 bridgehead atoms. The summed E-state index contributed by atoms with van der Waals surface area (Å²) >= 11 is 1.98. The Balaban J connectivity index is 2.03. The highest BCUT2D eigenvalue weighted by atomic mass is 32.2. The largest absolute Gasteiger partial charge is 0.307 e. The van der Waals surface area contributed by atoms with Crippen molar-refractivity contribution in [3.8, 4) is 0 Å². The molecule has 1 aromatic rings. The number of hydrogen-bond acceptors (Lipinski definition) is 5. The lowest BCUT2D eigenvalue weighted by atomic mass is 9.95. The number of aromatic nitrogens is 4. The van der Waals surface area contributed by atoms with Gasteiger partial charge in [-0.2, -0.15) is 11.8 Å². The topological polar surface area (TPSA) is 55.6 Å². The Morgan fingerprint density at radius 2 is 2.15 bits per heavy atom. The van der Waals surface area contributed by atoms with E-state index >= 15 is 0 Å². The van der Waals surface area contributed by atoms with E-state index in [1.807, 2.05) is 11.8 Å². The van der Waals surface area contributed by atoms with Crippen molar-refractivity contribution in [3.05, 3.63) is 5.82 Å². The van der Waals surface area contributed by atoms with Crippen molar-refractivity contribution >= 4 is 11.8 Å². The molecule has 2 rings (SSSR count). The summed E-state index contributed by atoms with van der Waals surface area (Å²) < 4.78 is 2.07. The molecule has 1 heterocycles. The van der Waals surface area contributed by atoms with Gasteiger partial charge in [0, 0.05) is 5.25 Å². The highest BCUT2D eigenvalue weighted by molar-refractivity contribution is 7.99. The summed E-state index contributed by atoms with van der Waals surface area (Å²) in [6.07, 6.45) is 7.21. The molecule has 0 amide bonds. The minimum atomic E-state index is 0.210. The predicted octanol–water partition coefficient (Wildman–Crippen LogP) is 2.83. The summed E-state index contributed by atoms with van der Waals surface area (Å²) in [5.41, 5.74) is 0. The van der Waals surface area contributed by atoms with Gasteiger partial charge in [0.2, 0.25) is 0 Å². The maximum absolute atomic E-state index is 4.26. The fraction of sp³-hybridized carbons (Fsp3) is 0.929. The lowest BCUT2D eigenvalue weighted by molar-refractivity contribution is 0.313. The third-order valence-corrected chi connectivity index (χ3v) is 5.11. The normalized spacial score (nSPS) is 25.1. The summed E-state index contributed by atoms with van der Waals surface area (Å²) in [4.78, 5) is 0. The summed E-state index contributed by atoms with van der Waals surface area (Å²) in [7, 11) is 0. The molecule has 3 unspecified atom stereocenters. The van der Waals surface area contributed by atoms with Crippen molar-refractivity contribution in [2.75, 3.05) is 12.8 Å². The van der Waals surface area contributed by atoms with Crippen molar-refractivity contribution in [2.24, 2.45) is 5.92 Å². The van der Waals surface area contributed by atoms with Gasteiger partial charge in [-0.1, -0.05) is 20.3 Å². The molecule has 1 saturated carbocycles. The quantitative estimate of drug-likeness (QED) is 0.875. The summed E-state index contributed by atoms with van der Waals surface area (Å²) in [5, 5.41) is 16.7. The van der Waals surface area contributed by atoms with E-state index in [-0.39, 0.29) is 6.04 Å². The van der Waals surface area contributed by atoms with Gasteiger partial charge in [-0.05, 0) is 55.3 Å². The fourth-order valence-corrected chi connectivity index (χ4v) is 3.62. The SMILES string of the molecule is CSC1CCCC(n2nnnc2C(C)NCC(C)C)C1. The Labute approximate surface area is 126 Å². The summed E-state index contributed by atoms with van der Waals surface area (Å²) in [5.74, 6) is 1.62. The summed E-state index contributed by atoms with van der Waals surface area (Å²) in [6.45, 7) is 7.57. The Kier molecular flexibility index (Phi) is 5.84. The molecule has 5 nitrogen and oxygen atoms in total. The second kappa shape index (κ2) is 7.41. The summed E-state index contributed by atoms with van der Waals surface area (Å²) in [6, 6.07) is 0.677. The number of hydrogen-bond donors (Lipinski definition) is 1. The van der Waals surface area contributed by atoms with E-state index in [0.29, 0.717) is 12.0 Å². The van der Waals surface area contributed by atoms with Crippen LogP contribution in [0.1, 0.15) is 64.4 Å². The van der Waals surface area contributed by atoms with Gasteiger partial charge in [0.1, 0.15) is 0 Å². The molecule has 0 spiro atoms. The van der Waals surface area contributed by atoms with Gasteiger partial charge in [0.15, 0.2) is 5.82 Å². The first kappa shape index (κ1) is 15.8. The molecule has 1 aliphatic carbocycles. The van der Waals surface area contributed by atoms with Crippen LogP contribution in [0.2, 0.25) is 0 Å². The minimum absolute atomic E-state index is 0.210. The second-order valence-electron chi connectivity index (χ2n) is 6.18. The van der Waals surface area contributed by atoms with Crippen molar-refractivity contribution in [1.82, 2.24) is 25.5 Å². The lowest BCUT2D eigenvalue weighted by Crippen LogP contribution is -2.29. The minimum Gasteiger partial charge on any atom is -0.307 e. The second-order valence-corrected chi connectivity index (χ2v) is 7.32. The Morgan fingerprint density at radius 1 is 1.35 bits per heavy atom. The molecule has 0 aromatic carbocycles. The standard InChI is InChI=1S/C14H27N5S/c1-10(2)9-15-11(3)14-16-17-18-19(14)12-6-5-7-13(8-12)20-4/h10-13,15H,5-9H2,1-4H3. The van der Waals surface area contributed by atoms with Crippen LogP contribution in [-0.4, -0.2) is 38.3 Å². The first-order valence-corrected chi connectivity index (χ1v) is 8.94. The molecule has 0 radical (unpaired) electrons. The average Bonchev–Trinajstić information content (AvgIpc) is 2.94. The molecular formula is C14H27N5S. The highest BCUT2D eigenvalue weighted by Gasteiger charge is 2.27. The Morgan fingerprint density at radius 3 is 2.85 bits per heavy atom. The monoisotopic (exact) mass is 297 g/mol. The molecule has 1 fully saturated rings. The van der Waals surface area contributed by atoms with Gasteiger partial charge in [0.05, 0.1) is 12.1 Å². The number of rotatable bonds is 6. The molecule has 0 saturated heterocycles. The zero-order chi connectivity index (χ0) is 14.5. The molecule has 1 aromatic heterocycles. The van der Waals surface area contributed by atoms with E-state index in [0.717, 1.165) is 17.6 Å². The van der Waals surface area contributed by atoms with Crippen LogP contribution >= 0.6 is 11.8 Å². The first-order chi connectivity index (χ1) is 9.61. The highest BCUT2D eigenvalue weighted by Crippen LogP contribution is 2.34. The van der Waals surface area contributed by atoms with Crippen molar-refractivity contribution in [2.45, 2.75) is 63.8 Å². The number of nitrogens with one attached hydrogen (secondary N) is 1. The van der Waals surface area contributed by atoms with E-state index in [1.165, 1.54) is 25.7 Å². The molecule has 114 valence electrons. The van der Waals surface area contributed by atoms with Gasteiger partial charge in [-0.3, -0.25) is 0 Å². The molecule has 6 heteroatoms. The molecule has 1 aliphatic rings. The van der Waals surface area contributed by atoms with E-state index in [4.69, 9.17) is 0 Å². The van der Waals surface area contributed by atoms with Gasteiger partial charge in [-0.25, -0.2) is 4.68 Å². The zero-order valence-corrected chi connectivity index (χ0v) is 13.9. The Bertz CT molecular complexity index is 406. The number of thioether (sulfide) groups is 1. The van der Waals surface area contributed by atoms with Gasteiger partial charge < -0.3 is 5.32 Å². The zero-order valence-electron chi connectivity index (χ0n) is 13.0. The Hall–Kier alpha value is -0.620. The third-order valence-electron chi connectivity index (χ3n) is 4.02. The fourth-order valence-electron chi connectivity index (χ4n) is 2.81. The maximum atomic E-state index is 4.26. The molecule has 3 atom stereocenters. The lowest BCUT2D eigenvalue weighted by Gasteiger charge is -2.29. The first-order valence-electron chi connectivity index (χ1n) is 7.65. The van der Waals surface area contributed by atoms with Crippen LogP contribution in [0.4, 0.5) is 0 Å². The van der Waals surface area contributed by atoms with Crippen LogP contribution in [0.3, 0.4) is 0 Å². The van der Waals surface area contributed by atoms with Crippen LogP contribution in [-0.2, 0) is 0 Å². The van der Waals surface area contributed by atoms with Crippen LogP contribution < -0.4 is 5.32 Å². The van der Waals surface area contributed by atoms with E-state index in [2.05, 4.69) is 52.6 Å². The molecule has 1 N–H and O–H groups in total. The molecular weight excluding hydrogens is 270 g/mol. The van der Waals surface area contributed by atoms with Crippen LogP contribution in [0, 0.1) is 5.92 Å². The van der Waals surface area contributed by atoms with Gasteiger partial charge in [-0.15, -0.1) is 5.10 Å².